The number of nitrogens with two attached hydrogens (primary N) is 1. The number of nitrogens with one attached hydrogen (secondary N) is 1. The minimum Gasteiger partial charge on any atom is -0.461 e. The van der Waals surface area contributed by atoms with Gasteiger partial charge in [-0.1, -0.05) is 6.42 Å². The minimum atomic E-state index is -0.377. The number of hydrogen-bond donors (Lipinski definition) is 2. The van der Waals surface area contributed by atoms with Gasteiger partial charge in [-0.2, -0.15) is 0 Å². The summed E-state index contributed by atoms with van der Waals surface area (Å²) in [5, 5.41) is 4.30. The van der Waals surface area contributed by atoms with Crippen LogP contribution in [-0.4, -0.2) is 11.9 Å². The molecule has 1 aliphatic rings. The number of anilines is 1. The number of amides is 1. The number of primary amides is 1. The van der Waals surface area contributed by atoms with Crippen molar-refractivity contribution in [2.24, 2.45) is 5.73 Å². The lowest BCUT2D eigenvalue weighted by atomic mass is 10.1. The maximum absolute atomic E-state index is 11.1. The molecular weight excluding hydrogens is 252 g/mol. The van der Waals surface area contributed by atoms with Crippen LogP contribution in [0.25, 0.3) is 11.0 Å². The van der Waals surface area contributed by atoms with Crippen LogP contribution in [0.1, 0.15) is 37.5 Å². The van der Waals surface area contributed by atoms with Crippen molar-refractivity contribution in [2.45, 2.75) is 45.1 Å². The second kappa shape index (κ2) is 5.19. The van der Waals surface area contributed by atoms with E-state index in [1.54, 1.807) is 6.92 Å². The maximum atomic E-state index is 11.1. The summed E-state index contributed by atoms with van der Waals surface area (Å²) >= 11 is 0. The number of benzene rings is 1. The van der Waals surface area contributed by atoms with Crippen LogP contribution in [-0.2, 0) is 17.6 Å². The number of fused-ring (bicyclic) bond motifs is 3. The fraction of sp³-hybridized carbons (Fsp3) is 0.438. The predicted molar refractivity (Wildman–Crippen MR) is 79.8 cm³/mol. The molecule has 4 nitrogen and oxygen atoms in total. The summed E-state index contributed by atoms with van der Waals surface area (Å²) < 4.78 is 5.96. The maximum Gasteiger partial charge on any atom is 0.239 e. The van der Waals surface area contributed by atoms with Crippen LogP contribution in [0, 0.1) is 0 Å². The fourth-order valence-electron chi connectivity index (χ4n) is 2.85. The number of furan rings is 1. The normalized spacial score (nSPS) is 16.4. The van der Waals surface area contributed by atoms with Crippen LogP contribution < -0.4 is 11.1 Å². The molecule has 1 amide bonds. The Balaban J connectivity index is 1.97. The molecule has 106 valence electrons. The van der Waals surface area contributed by atoms with Crippen LogP contribution in [0.15, 0.2) is 22.6 Å². The Hall–Kier alpha value is -1.97. The Morgan fingerprint density at radius 1 is 1.30 bits per heavy atom. The molecule has 1 aromatic carbocycles. The third-order valence-electron chi connectivity index (χ3n) is 4.01. The van der Waals surface area contributed by atoms with E-state index >= 15 is 0 Å². The van der Waals surface area contributed by atoms with Crippen molar-refractivity contribution in [1.29, 1.82) is 0 Å². The first kappa shape index (κ1) is 13.0. The van der Waals surface area contributed by atoms with Gasteiger partial charge in [0, 0.05) is 23.1 Å². The molecular formula is C16H20N2O2. The van der Waals surface area contributed by atoms with Crippen LogP contribution in [0.3, 0.4) is 0 Å². The first-order valence-electron chi connectivity index (χ1n) is 7.25. The van der Waals surface area contributed by atoms with Gasteiger partial charge in [-0.25, -0.2) is 0 Å². The van der Waals surface area contributed by atoms with Crippen molar-refractivity contribution in [1.82, 2.24) is 0 Å². The van der Waals surface area contributed by atoms with E-state index in [0.717, 1.165) is 29.9 Å². The van der Waals surface area contributed by atoms with E-state index in [0.29, 0.717) is 0 Å². The van der Waals surface area contributed by atoms with Gasteiger partial charge in [0.25, 0.3) is 0 Å². The zero-order valence-corrected chi connectivity index (χ0v) is 11.7. The Morgan fingerprint density at radius 2 is 2.10 bits per heavy atom. The highest BCUT2D eigenvalue weighted by molar-refractivity contribution is 5.87. The van der Waals surface area contributed by atoms with Crippen molar-refractivity contribution < 1.29 is 9.21 Å². The largest absolute Gasteiger partial charge is 0.461 e. The predicted octanol–water partition coefficient (Wildman–Crippen LogP) is 2.99. The smallest absolute Gasteiger partial charge is 0.239 e. The Labute approximate surface area is 118 Å². The fourth-order valence-corrected chi connectivity index (χ4v) is 2.85. The van der Waals surface area contributed by atoms with Gasteiger partial charge in [-0.05, 0) is 44.4 Å². The highest BCUT2D eigenvalue weighted by atomic mass is 16.3. The van der Waals surface area contributed by atoms with E-state index in [1.165, 1.54) is 30.2 Å². The quantitative estimate of drug-likeness (QED) is 0.844. The summed E-state index contributed by atoms with van der Waals surface area (Å²) in [6.07, 6.45) is 5.80. The topological polar surface area (TPSA) is 68.3 Å². The van der Waals surface area contributed by atoms with Gasteiger partial charge in [0.2, 0.25) is 5.91 Å². The lowest BCUT2D eigenvalue weighted by Gasteiger charge is -2.11. The van der Waals surface area contributed by atoms with Crippen molar-refractivity contribution in [3.63, 3.8) is 0 Å². The van der Waals surface area contributed by atoms with E-state index in [1.807, 2.05) is 12.1 Å². The summed E-state index contributed by atoms with van der Waals surface area (Å²) in [5.41, 5.74) is 8.48. The summed E-state index contributed by atoms with van der Waals surface area (Å²) in [7, 11) is 0. The molecule has 0 saturated carbocycles. The van der Waals surface area contributed by atoms with Crippen molar-refractivity contribution in [3.8, 4) is 0 Å². The molecule has 2 aromatic rings. The van der Waals surface area contributed by atoms with E-state index in [-0.39, 0.29) is 11.9 Å². The first-order chi connectivity index (χ1) is 9.65. The summed E-state index contributed by atoms with van der Waals surface area (Å²) in [6, 6.07) is 5.60. The van der Waals surface area contributed by atoms with Gasteiger partial charge in [0.05, 0.1) is 0 Å². The standard InChI is InChI=1S/C16H20N2O2/c1-10(16(17)19)18-11-7-8-15-13(9-11)12-5-3-2-4-6-14(12)20-15/h7-10,18H,2-6H2,1H3,(H2,17,19). The van der Waals surface area contributed by atoms with Crippen LogP contribution in [0.4, 0.5) is 5.69 Å². The molecule has 0 saturated heterocycles. The van der Waals surface area contributed by atoms with Gasteiger partial charge in [-0.3, -0.25) is 4.79 Å². The summed E-state index contributed by atoms with van der Waals surface area (Å²) in [6.45, 7) is 1.77. The molecule has 0 radical (unpaired) electrons. The van der Waals surface area contributed by atoms with Gasteiger partial charge in [0.1, 0.15) is 17.4 Å². The minimum absolute atomic E-state index is 0.351. The number of aryl methyl sites for hydroxylation is 2. The van der Waals surface area contributed by atoms with Crippen LogP contribution in [0.5, 0.6) is 0 Å². The van der Waals surface area contributed by atoms with Crippen molar-refractivity contribution in [2.75, 3.05) is 5.32 Å². The van der Waals surface area contributed by atoms with E-state index < -0.39 is 0 Å². The molecule has 1 aliphatic carbocycles. The summed E-state index contributed by atoms with van der Waals surface area (Å²) in [4.78, 5) is 11.1. The second-order valence-electron chi connectivity index (χ2n) is 5.54. The van der Waals surface area contributed by atoms with Gasteiger partial charge < -0.3 is 15.5 Å². The van der Waals surface area contributed by atoms with Gasteiger partial charge in [0.15, 0.2) is 0 Å². The van der Waals surface area contributed by atoms with Crippen molar-refractivity contribution >= 4 is 22.6 Å². The highest BCUT2D eigenvalue weighted by Gasteiger charge is 2.17. The summed E-state index contributed by atoms with van der Waals surface area (Å²) in [5.74, 6) is 0.786. The average Bonchev–Trinajstić information content (AvgIpc) is 2.61. The van der Waals surface area contributed by atoms with Gasteiger partial charge >= 0.3 is 0 Å². The van der Waals surface area contributed by atoms with Crippen LogP contribution in [0.2, 0.25) is 0 Å². The molecule has 20 heavy (non-hydrogen) atoms. The molecule has 1 unspecified atom stereocenters. The number of carbonyl (C=O) groups is 1. The molecule has 0 bridgehead atoms. The number of carbonyl (C=O) groups excluding carboxylic acids is 1. The zero-order chi connectivity index (χ0) is 14.1. The van der Waals surface area contributed by atoms with Gasteiger partial charge in [-0.15, -0.1) is 0 Å². The monoisotopic (exact) mass is 272 g/mol. The lowest BCUT2D eigenvalue weighted by molar-refractivity contribution is -0.118. The molecule has 3 rings (SSSR count). The Morgan fingerprint density at radius 3 is 2.90 bits per heavy atom. The average molecular weight is 272 g/mol. The zero-order valence-electron chi connectivity index (χ0n) is 11.7. The molecule has 1 aromatic heterocycles. The second-order valence-corrected chi connectivity index (χ2v) is 5.54. The molecule has 3 N–H and O–H groups in total. The third-order valence-corrected chi connectivity index (χ3v) is 4.01. The van der Waals surface area contributed by atoms with E-state index in [4.69, 9.17) is 10.2 Å². The van der Waals surface area contributed by atoms with E-state index in [2.05, 4.69) is 11.4 Å². The highest BCUT2D eigenvalue weighted by Crippen LogP contribution is 2.32. The molecule has 0 fully saturated rings. The van der Waals surface area contributed by atoms with Crippen molar-refractivity contribution in [3.05, 3.63) is 29.5 Å². The van der Waals surface area contributed by atoms with Crippen LogP contribution >= 0.6 is 0 Å². The molecule has 1 atom stereocenters. The Bertz CT molecular complexity index is 645. The molecule has 4 heteroatoms. The number of rotatable bonds is 3. The van der Waals surface area contributed by atoms with E-state index in [9.17, 15) is 4.79 Å². The molecule has 0 aliphatic heterocycles. The lowest BCUT2D eigenvalue weighted by Crippen LogP contribution is -2.32. The molecule has 0 spiro atoms. The first-order valence-corrected chi connectivity index (χ1v) is 7.25. The Kier molecular flexibility index (Phi) is 3.38. The number of hydrogen-bond acceptors (Lipinski definition) is 3. The SMILES string of the molecule is CC(Nc1ccc2oc3c(c2c1)CCCCC3)C(N)=O. The molecule has 1 heterocycles. The third kappa shape index (κ3) is 2.38.